The molecule has 3 fully saturated rings. The predicted octanol–water partition coefficient (Wildman–Crippen LogP) is 1.43. The second-order valence-electron chi connectivity index (χ2n) is 8.16. The summed E-state index contributed by atoms with van der Waals surface area (Å²) in [5.41, 5.74) is 0.810. The number of fused-ring (bicyclic) bond motifs is 1. The summed E-state index contributed by atoms with van der Waals surface area (Å²) in [7, 11) is 0. The number of hydrogen-bond acceptors (Lipinski definition) is 5. The summed E-state index contributed by atoms with van der Waals surface area (Å²) < 4.78 is 5.88. The molecule has 164 valence electrons. The van der Waals surface area contributed by atoms with Gasteiger partial charge in [0.1, 0.15) is 6.61 Å². The van der Waals surface area contributed by atoms with Crippen molar-refractivity contribution in [1.29, 1.82) is 0 Å². The van der Waals surface area contributed by atoms with Crippen LogP contribution in [0.3, 0.4) is 0 Å². The lowest BCUT2D eigenvalue weighted by Crippen LogP contribution is -2.72. The Bertz CT molecular complexity index is 802. The van der Waals surface area contributed by atoms with Crippen LogP contribution in [0.4, 0.5) is 0 Å². The first-order chi connectivity index (χ1) is 14.5. The van der Waals surface area contributed by atoms with E-state index >= 15 is 0 Å². The molecular formula is C21H27Cl2N3O4. The Kier molecular flexibility index (Phi) is 6.85. The van der Waals surface area contributed by atoms with Crippen LogP contribution in [0.5, 0.6) is 0 Å². The zero-order chi connectivity index (χ0) is 21.3. The van der Waals surface area contributed by atoms with Crippen molar-refractivity contribution >= 4 is 35.0 Å². The molecular weight excluding hydrogens is 429 g/mol. The van der Waals surface area contributed by atoms with Crippen molar-refractivity contribution in [3.05, 3.63) is 33.8 Å². The number of carbonyl (C=O) groups is 2. The molecule has 0 radical (unpaired) electrons. The van der Waals surface area contributed by atoms with E-state index in [1.165, 1.54) is 0 Å². The first-order valence-corrected chi connectivity index (χ1v) is 11.2. The van der Waals surface area contributed by atoms with Crippen molar-refractivity contribution in [3.63, 3.8) is 0 Å². The molecule has 2 amide bonds. The lowest BCUT2D eigenvalue weighted by Gasteiger charge is -2.54. The van der Waals surface area contributed by atoms with Gasteiger partial charge in [0.05, 0.1) is 47.8 Å². The highest BCUT2D eigenvalue weighted by Crippen LogP contribution is 2.30. The highest BCUT2D eigenvalue weighted by atomic mass is 35.5. The zero-order valence-electron chi connectivity index (χ0n) is 16.8. The maximum atomic E-state index is 13.4. The van der Waals surface area contributed by atoms with Crippen molar-refractivity contribution in [2.24, 2.45) is 0 Å². The van der Waals surface area contributed by atoms with Gasteiger partial charge in [0.25, 0.3) is 0 Å². The molecule has 3 saturated heterocycles. The van der Waals surface area contributed by atoms with Crippen molar-refractivity contribution in [3.8, 4) is 0 Å². The van der Waals surface area contributed by atoms with E-state index in [1.807, 2.05) is 11.0 Å². The zero-order valence-corrected chi connectivity index (χ0v) is 18.3. The van der Waals surface area contributed by atoms with Crippen LogP contribution < -0.4 is 0 Å². The highest BCUT2D eigenvalue weighted by Gasteiger charge is 2.48. The minimum atomic E-state index is -0.533. The van der Waals surface area contributed by atoms with E-state index in [9.17, 15) is 14.7 Å². The van der Waals surface area contributed by atoms with Crippen LogP contribution in [-0.2, 0) is 20.7 Å². The fraction of sp³-hybridized carbons (Fsp3) is 0.619. The van der Waals surface area contributed by atoms with E-state index in [1.54, 1.807) is 17.0 Å². The lowest BCUT2D eigenvalue weighted by atomic mass is 9.90. The van der Waals surface area contributed by atoms with Crippen molar-refractivity contribution in [2.75, 3.05) is 46.0 Å². The molecule has 3 aliphatic heterocycles. The van der Waals surface area contributed by atoms with Gasteiger partial charge in [-0.3, -0.25) is 14.5 Å². The Morgan fingerprint density at radius 3 is 2.37 bits per heavy atom. The molecule has 0 saturated carbocycles. The van der Waals surface area contributed by atoms with Gasteiger partial charge < -0.3 is 19.6 Å². The van der Waals surface area contributed by atoms with Crippen LogP contribution in [0.15, 0.2) is 18.2 Å². The number of nitrogens with zero attached hydrogens (tertiary/aromatic N) is 3. The molecule has 3 unspecified atom stereocenters. The minimum Gasteiger partial charge on any atom is -0.387 e. The number of ether oxygens (including phenoxy) is 1. The van der Waals surface area contributed by atoms with Crippen LogP contribution in [0.2, 0.25) is 10.0 Å². The summed E-state index contributed by atoms with van der Waals surface area (Å²) in [6, 6.07) is 4.88. The number of benzene rings is 1. The molecule has 9 heteroatoms. The number of hydrogen-bond donors (Lipinski definition) is 1. The number of rotatable bonds is 4. The largest absolute Gasteiger partial charge is 0.387 e. The smallest absolute Gasteiger partial charge is 0.248 e. The summed E-state index contributed by atoms with van der Waals surface area (Å²) in [6.07, 6.45) is 2.48. The summed E-state index contributed by atoms with van der Waals surface area (Å²) in [5.74, 6) is -0.308. The number of aliphatic hydroxyl groups is 1. The highest BCUT2D eigenvalue weighted by molar-refractivity contribution is 6.42. The average molecular weight is 456 g/mol. The number of likely N-dealkylation sites (tertiary alicyclic amines) is 1. The van der Waals surface area contributed by atoms with E-state index < -0.39 is 6.61 Å². The first-order valence-electron chi connectivity index (χ1n) is 10.4. The van der Waals surface area contributed by atoms with Crippen molar-refractivity contribution in [1.82, 2.24) is 14.7 Å². The summed E-state index contributed by atoms with van der Waals surface area (Å²) in [4.78, 5) is 31.7. The molecule has 0 bridgehead atoms. The van der Waals surface area contributed by atoms with Crippen LogP contribution in [0.1, 0.15) is 18.4 Å². The Labute approximate surface area is 186 Å². The SMILES string of the molecule is O=C(CO)N1CCN(C(=O)Cc2ccc(Cl)c(Cl)c2)C2C(N3CCCC3)COCC21. The van der Waals surface area contributed by atoms with Crippen molar-refractivity contribution in [2.45, 2.75) is 37.4 Å². The maximum absolute atomic E-state index is 13.4. The van der Waals surface area contributed by atoms with Gasteiger partial charge in [-0.05, 0) is 43.6 Å². The van der Waals surface area contributed by atoms with Gasteiger partial charge in [-0.25, -0.2) is 0 Å². The molecule has 1 aromatic carbocycles. The third-order valence-corrected chi connectivity index (χ3v) is 7.17. The Hall–Kier alpha value is -1.38. The third-order valence-electron chi connectivity index (χ3n) is 6.43. The van der Waals surface area contributed by atoms with Crippen LogP contribution >= 0.6 is 23.2 Å². The van der Waals surface area contributed by atoms with Gasteiger partial charge in [0.2, 0.25) is 11.8 Å². The van der Waals surface area contributed by atoms with Crippen molar-refractivity contribution < 1.29 is 19.4 Å². The molecule has 3 atom stereocenters. The molecule has 0 aromatic heterocycles. The van der Waals surface area contributed by atoms with E-state index in [0.717, 1.165) is 31.5 Å². The van der Waals surface area contributed by atoms with Gasteiger partial charge >= 0.3 is 0 Å². The Morgan fingerprint density at radius 2 is 1.67 bits per heavy atom. The topological polar surface area (TPSA) is 73.3 Å². The van der Waals surface area contributed by atoms with E-state index in [0.29, 0.717) is 36.3 Å². The summed E-state index contributed by atoms with van der Waals surface area (Å²) in [5, 5.41) is 10.3. The van der Waals surface area contributed by atoms with Gasteiger partial charge in [-0.2, -0.15) is 0 Å². The van der Waals surface area contributed by atoms with E-state index in [4.69, 9.17) is 27.9 Å². The van der Waals surface area contributed by atoms with Crippen LogP contribution in [0.25, 0.3) is 0 Å². The van der Waals surface area contributed by atoms with E-state index in [2.05, 4.69) is 4.90 Å². The number of amides is 2. The second-order valence-corrected chi connectivity index (χ2v) is 8.98. The minimum absolute atomic E-state index is 0.00517. The monoisotopic (exact) mass is 455 g/mol. The number of aliphatic hydroxyl groups excluding tert-OH is 1. The fourth-order valence-corrected chi connectivity index (χ4v) is 5.32. The molecule has 1 aromatic rings. The standard InChI is InChI=1S/C21H27Cl2N3O4/c22-15-4-3-14(9-16(15)23)10-19(28)26-8-7-25(20(29)11-27)18-13-30-12-17(21(18)26)24-5-1-2-6-24/h3-4,9,17-18,21,27H,1-2,5-8,10-13H2. The molecule has 0 spiro atoms. The average Bonchev–Trinajstić information content (AvgIpc) is 3.29. The quantitative estimate of drug-likeness (QED) is 0.743. The number of halogens is 2. The molecule has 1 N–H and O–H groups in total. The third kappa shape index (κ3) is 4.32. The Morgan fingerprint density at radius 1 is 0.967 bits per heavy atom. The van der Waals surface area contributed by atoms with Gasteiger partial charge in [0.15, 0.2) is 0 Å². The van der Waals surface area contributed by atoms with Gasteiger partial charge in [-0.1, -0.05) is 29.3 Å². The van der Waals surface area contributed by atoms with Crippen LogP contribution in [-0.4, -0.2) is 95.7 Å². The lowest BCUT2D eigenvalue weighted by molar-refractivity contribution is -0.164. The molecule has 7 nitrogen and oxygen atoms in total. The molecule has 30 heavy (non-hydrogen) atoms. The number of piperazine rings is 1. The van der Waals surface area contributed by atoms with Gasteiger partial charge in [0, 0.05) is 13.1 Å². The Balaban J connectivity index is 1.59. The molecule has 4 rings (SSSR count). The molecule has 3 aliphatic rings. The van der Waals surface area contributed by atoms with E-state index in [-0.39, 0.29) is 36.4 Å². The number of carbonyl (C=O) groups excluding carboxylic acids is 2. The predicted molar refractivity (Wildman–Crippen MR) is 114 cm³/mol. The summed E-state index contributed by atoms with van der Waals surface area (Å²) >= 11 is 12.1. The second kappa shape index (κ2) is 9.40. The fourth-order valence-electron chi connectivity index (χ4n) is 5.00. The van der Waals surface area contributed by atoms with Crippen LogP contribution in [0, 0.1) is 0 Å². The normalized spacial score (nSPS) is 27.2. The van der Waals surface area contributed by atoms with Gasteiger partial charge in [-0.15, -0.1) is 0 Å². The molecule has 0 aliphatic carbocycles. The molecule has 3 heterocycles. The summed E-state index contributed by atoms with van der Waals surface area (Å²) in [6.45, 7) is 3.16. The first kappa shape index (κ1) is 21.8. The maximum Gasteiger partial charge on any atom is 0.248 e.